The molecule has 0 radical (unpaired) electrons. The summed E-state index contributed by atoms with van der Waals surface area (Å²) in [7, 11) is 0. The fourth-order valence-electron chi connectivity index (χ4n) is 8.62. The van der Waals surface area contributed by atoms with Crippen molar-refractivity contribution in [2.24, 2.45) is 16.7 Å². The van der Waals surface area contributed by atoms with Crippen LogP contribution in [0, 0.1) is 16.7 Å². The van der Waals surface area contributed by atoms with Crippen molar-refractivity contribution in [3.63, 3.8) is 0 Å². The van der Waals surface area contributed by atoms with Crippen LogP contribution < -0.4 is 0 Å². The van der Waals surface area contributed by atoms with Crippen molar-refractivity contribution >= 4 is 17.9 Å². The first kappa shape index (κ1) is 25.5. The first-order chi connectivity index (χ1) is 17.8. The molecule has 0 unspecified atom stereocenters. The van der Waals surface area contributed by atoms with E-state index in [1.807, 2.05) is 6.92 Å². The Morgan fingerprint density at radius 2 is 1.82 bits per heavy atom. The zero-order chi connectivity index (χ0) is 27.5. The Labute approximate surface area is 221 Å². The maximum Gasteiger partial charge on any atom is 0.343 e. The number of aliphatic hydroxyl groups excluding tert-OH is 1. The van der Waals surface area contributed by atoms with Crippen molar-refractivity contribution in [1.29, 1.82) is 0 Å². The number of cyclic esters (lactones) is 1. The number of hydrogen-bond acceptors (Lipinski definition) is 9. The van der Waals surface area contributed by atoms with Gasteiger partial charge in [0.2, 0.25) is 0 Å². The van der Waals surface area contributed by atoms with E-state index in [9.17, 15) is 24.6 Å². The highest BCUT2D eigenvalue weighted by Crippen LogP contribution is 2.75. The molecule has 38 heavy (non-hydrogen) atoms. The molecule has 0 aromatic heterocycles. The number of rotatable bonds is 3. The van der Waals surface area contributed by atoms with Gasteiger partial charge < -0.3 is 29.2 Å². The predicted molar refractivity (Wildman–Crippen MR) is 132 cm³/mol. The number of fused-ring (bicyclic) bond motifs is 4. The van der Waals surface area contributed by atoms with E-state index in [0.29, 0.717) is 24.0 Å². The minimum Gasteiger partial charge on any atom is -0.457 e. The molecule has 9 nitrogen and oxygen atoms in total. The van der Waals surface area contributed by atoms with Crippen LogP contribution in [-0.2, 0) is 28.5 Å². The Kier molecular flexibility index (Phi) is 5.15. The molecule has 1 aromatic rings. The monoisotopic (exact) mass is 526 g/mol. The molecule has 1 aromatic carbocycles. The Bertz CT molecular complexity index is 1270. The molecule has 2 saturated heterocycles. The number of carbonyl (C=O) groups is 3. The number of carbonyl (C=O) groups excluding carboxylic acids is 3. The van der Waals surface area contributed by atoms with Crippen molar-refractivity contribution in [2.45, 2.75) is 89.0 Å². The van der Waals surface area contributed by atoms with Gasteiger partial charge in [0.15, 0.2) is 11.2 Å². The second-order valence-electron chi connectivity index (χ2n) is 12.3. The second kappa shape index (κ2) is 7.67. The van der Waals surface area contributed by atoms with Gasteiger partial charge in [0.1, 0.15) is 17.8 Å². The third-order valence-corrected chi connectivity index (χ3v) is 10.3. The minimum atomic E-state index is -2.23. The molecule has 6 rings (SSSR count). The van der Waals surface area contributed by atoms with Crippen LogP contribution in [0.1, 0.15) is 64.2 Å². The van der Waals surface area contributed by atoms with Gasteiger partial charge in [-0.25, -0.2) is 9.59 Å². The van der Waals surface area contributed by atoms with E-state index in [2.05, 4.69) is 0 Å². The molecule has 2 heterocycles. The summed E-state index contributed by atoms with van der Waals surface area (Å²) in [5.41, 5.74) is -5.90. The van der Waals surface area contributed by atoms with Crippen LogP contribution in [0.2, 0.25) is 0 Å². The van der Waals surface area contributed by atoms with E-state index in [1.54, 1.807) is 51.1 Å². The fourth-order valence-corrected chi connectivity index (χ4v) is 8.62. The summed E-state index contributed by atoms with van der Waals surface area (Å²) in [4.78, 5) is 40.0. The SMILES string of the molecule is CC(=O)O[C@@]12CO[C@@H]1C[C@H](O)[C@]1(C)[C@@H]2[C@H](OC(=O)c2ccccc2)[C@]23CCC(C)=C2[C@]1(O)C(=O)OC3(C)C. The number of hydrogen-bond donors (Lipinski definition) is 2. The van der Waals surface area contributed by atoms with Gasteiger partial charge in [-0.1, -0.05) is 30.7 Å². The first-order valence-electron chi connectivity index (χ1n) is 13.2. The molecular formula is C29H34O9. The third-order valence-electron chi connectivity index (χ3n) is 10.3. The van der Waals surface area contributed by atoms with Crippen LogP contribution in [0.25, 0.3) is 0 Å². The normalized spacial score (nSPS) is 44.1. The Hall–Kier alpha value is -2.75. The van der Waals surface area contributed by atoms with Crippen LogP contribution in [0.4, 0.5) is 0 Å². The molecular weight excluding hydrogens is 492 g/mol. The Balaban J connectivity index is 1.65. The lowest BCUT2D eigenvalue weighted by Gasteiger charge is -2.74. The van der Waals surface area contributed by atoms with Crippen molar-refractivity contribution in [3.8, 4) is 0 Å². The number of aliphatic hydroxyl groups is 2. The smallest absolute Gasteiger partial charge is 0.343 e. The molecule has 4 fully saturated rings. The van der Waals surface area contributed by atoms with Gasteiger partial charge in [-0.05, 0) is 51.3 Å². The summed E-state index contributed by atoms with van der Waals surface area (Å²) in [5.74, 6) is -2.99. The van der Waals surface area contributed by atoms with Crippen molar-refractivity contribution in [3.05, 3.63) is 47.0 Å². The lowest BCUT2D eigenvalue weighted by molar-refractivity contribution is -0.380. The molecule has 204 valence electrons. The largest absolute Gasteiger partial charge is 0.457 e. The summed E-state index contributed by atoms with van der Waals surface area (Å²) in [5, 5.41) is 24.3. The molecule has 8 atom stereocenters. The van der Waals surface area contributed by atoms with Gasteiger partial charge in [0.05, 0.1) is 29.6 Å². The maximum atomic E-state index is 13.9. The molecule has 9 heteroatoms. The summed E-state index contributed by atoms with van der Waals surface area (Å²) in [6, 6.07) is 8.55. The van der Waals surface area contributed by atoms with Gasteiger partial charge in [-0.3, -0.25) is 4.79 Å². The van der Waals surface area contributed by atoms with E-state index >= 15 is 0 Å². The minimum absolute atomic E-state index is 0.0106. The van der Waals surface area contributed by atoms with Crippen LogP contribution in [-0.4, -0.2) is 69.8 Å². The molecule has 2 N–H and O–H groups in total. The van der Waals surface area contributed by atoms with Crippen LogP contribution in [0.3, 0.4) is 0 Å². The number of allylic oxidation sites excluding steroid dienone is 1. The topological polar surface area (TPSA) is 129 Å². The third kappa shape index (κ3) is 2.70. The van der Waals surface area contributed by atoms with E-state index in [0.717, 1.165) is 5.57 Å². The van der Waals surface area contributed by atoms with Crippen LogP contribution >= 0.6 is 0 Å². The van der Waals surface area contributed by atoms with E-state index in [-0.39, 0.29) is 13.0 Å². The number of ether oxygens (including phenoxy) is 4. The highest BCUT2D eigenvalue weighted by molar-refractivity contribution is 5.91. The van der Waals surface area contributed by atoms with E-state index < -0.39 is 69.8 Å². The van der Waals surface area contributed by atoms with Crippen molar-refractivity contribution in [2.75, 3.05) is 6.61 Å². The number of benzene rings is 1. The van der Waals surface area contributed by atoms with Gasteiger partial charge >= 0.3 is 17.9 Å². The van der Waals surface area contributed by atoms with Gasteiger partial charge in [-0.2, -0.15) is 0 Å². The fraction of sp³-hybridized carbons (Fsp3) is 0.621. The molecule has 2 bridgehead atoms. The Morgan fingerprint density at radius 1 is 1.13 bits per heavy atom. The average molecular weight is 527 g/mol. The molecule has 2 aliphatic heterocycles. The van der Waals surface area contributed by atoms with E-state index in [1.165, 1.54) is 6.92 Å². The standard InChI is InChI=1S/C29H34O9/c1-15-11-12-27-20(15)29(34,24(33)38-25(27,3)4)26(5)18(31)13-19-28(14-35-19,37-16(2)30)21(26)22(27)36-23(32)17-9-7-6-8-10-17/h6-10,18-19,21-22,31,34H,11-14H2,1-5H3/t18-,19+,21-,22-,26+,27-,28-,29-/m0/s1. The van der Waals surface area contributed by atoms with Crippen LogP contribution in [0.5, 0.6) is 0 Å². The van der Waals surface area contributed by atoms with Crippen LogP contribution in [0.15, 0.2) is 41.5 Å². The predicted octanol–water partition coefficient (Wildman–Crippen LogP) is 2.48. The highest BCUT2D eigenvalue weighted by Gasteiger charge is 2.87. The summed E-state index contributed by atoms with van der Waals surface area (Å²) < 4.78 is 24.3. The zero-order valence-electron chi connectivity index (χ0n) is 22.3. The molecule has 3 aliphatic carbocycles. The highest BCUT2D eigenvalue weighted by atomic mass is 16.6. The van der Waals surface area contributed by atoms with Gasteiger partial charge in [0, 0.05) is 18.8 Å². The Morgan fingerprint density at radius 3 is 2.42 bits per heavy atom. The maximum absolute atomic E-state index is 13.9. The first-order valence-corrected chi connectivity index (χ1v) is 13.2. The second-order valence-corrected chi connectivity index (χ2v) is 12.3. The summed E-state index contributed by atoms with van der Waals surface area (Å²) >= 11 is 0. The lowest BCUT2D eigenvalue weighted by atomic mass is 9.37. The molecule has 0 amide bonds. The molecule has 0 spiro atoms. The van der Waals surface area contributed by atoms with Crippen molar-refractivity contribution < 1.29 is 43.5 Å². The summed E-state index contributed by atoms with van der Waals surface area (Å²) in [6.07, 6.45) is -1.96. The van der Waals surface area contributed by atoms with Gasteiger partial charge in [0.25, 0.3) is 0 Å². The lowest BCUT2D eigenvalue weighted by Crippen LogP contribution is -2.87. The number of esters is 3. The zero-order valence-corrected chi connectivity index (χ0v) is 22.3. The van der Waals surface area contributed by atoms with Gasteiger partial charge in [-0.15, -0.1) is 0 Å². The van der Waals surface area contributed by atoms with Crippen molar-refractivity contribution in [1.82, 2.24) is 0 Å². The molecule has 5 aliphatic rings. The quantitative estimate of drug-likeness (QED) is 0.347. The average Bonchev–Trinajstić information content (AvgIpc) is 3.22. The summed E-state index contributed by atoms with van der Waals surface area (Å²) in [6.45, 7) is 8.29. The molecule has 2 saturated carbocycles. The van der Waals surface area contributed by atoms with E-state index in [4.69, 9.17) is 18.9 Å².